The molecule has 166 valence electrons. The highest BCUT2D eigenvalue weighted by atomic mass is 32.2. The molecule has 0 spiro atoms. The molecule has 10 nitrogen and oxygen atoms in total. The van der Waals surface area contributed by atoms with Crippen molar-refractivity contribution >= 4 is 22.0 Å². The second-order valence-corrected chi connectivity index (χ2v) is 7.82. The van der Waals surface area contributed by atoms with Crippen molar-refractivity contribution in [2.45, 2.75) is 32.4 Å². The third-order valence-electron chi connectivity index (χ3n) is 3.22. The zero-order valence-electron chi connectivity index (χ0n) is 16.2. The summed E-state index contributed by atoms with van der Waals surface area (Å²) in [6.07, 6.45) is -0.189. The van der Waals surface area contributed by atoms with Gasteiger partial charge in [-0.1, -0.05) is 0 Å². The van der Waals surface area contributed by atoms with Crippen LogP contribution in [0.5, 0.6) is 5.75 Å². The van der Waals surface area contributed by atoms with Crippen LogP contribution in [-0.2, 0) is 19.6 Å². The Labute approximate surface area is 168 Å². The molecule has 1 fully saturated rings. The van der Waals surface area contributed by atoms with Gasteiger partial charge in [-0.25, -0.2) is 17.5 Å². The Morgan fingerprint density at radius 1 is 1.21 bits per heavy atom. The lowest BCUT2D eigenvalue weighted by molar-refractivity contribution is -0.135. The lowest BCUT2D eigenvalue weighted by atomic mass is 10.1. The van der Waals surface area contributed by atoms with Crippen molar-refractivity contribution in [3.8, 4) is 5.75 Å². The average molecular weight is 438 g/mol. The number of aliphatic hydroxyl groups excluding tert-OH is 1. The number of carboxylic acids is 2. The zero-order valence-corrected chi connectivity index (χ0v) is 17.0. The summed E-state index contributed by atoms with van der Waals surface area (Å²) in [6, 6.07) is 4.89. The first kappa shape index (κ1) is 26.7. The molecule has 0 unspecified atom stereocenters. The number of hydrogen-bond acceptors (Lipinski definition) is 7. The molecule has 1 heterocycles. The van der Waals surface area contributed by atoms with Gasteiger partial charge in [-0.15, -0.1) is 0 Å². The normalized spacial score (nSPS) is 18.3. The number of benzene rings is 1. The summed E-state index contributed by atoms with van der Waals surface area (Å²) < 4.78 is 44.3. The molecule has 1 aromatic carbocycles. The molecule has 2 rings (SSSR count). The number of β-amino-alcohol motifs (C(OH)–C–C–N with tert-alkyl or cyclic N) is 1. The van der Waals surface area contributed by atoms with Crippen LogP contribution in [0.15, 0.2) is 24.3 Å². The molecule has 2 atom stereocenters. The molecule has 1 saturated heterocycles. The fourth-order valence-electron chi connectivity index (χ4n) is 2.07. The van der Waals surface area contributed by atoms with Gasteiger partial charge >= 0.3 is 0 Å². The van der Waals surface area contributed by atoms with Gasteiger partial charge < -0.3 is 25.4 Å². The lowest BCUT2D eigenvalue weighted by Gasteiger charge is -2.28. The number of aliphatic carboxylic acids is 2. The Morgan fingerprint density at radius 3 is 2.21 bits per heavy atom. The number of carboxylic acid groups (broad SMARTS) is 2. The van der Waals surface area contributed by atoms with Crippen molar-refractivity contribution in [3.63, 3.8) is 0 Å². The minimum Gasteiger partial charge on any atom is -0.492 e. The quantitative estimate of drug-likeness (QED) is 0.412. The molecule has 0 radical (unpaired) electrons. The summed E-state index contributed by atoms with van der Waals surface area (Å²) in [4.78, 5) is 18.0. The Kier molecular flexibility index (Phi) is 12.7. The highest BCUT2D eigenvalue weighted by Gasteiger charge is 2.26. The molecule has 1 aromatic rings. The first-order valence-corrected chi connectivity index (χ1v) is 10.2. The number of carbonyl (C=O) groups is 2. The smallest absolute Gasteiger partial charge is 0.300 e. The van der Waals surface area contributed by atoms with Crippen LogP contribution in [0, 0.1) is 5.82 Å². The Hall–Kier alpha value is -2.28. The molecule has 1 aliphatic heterocycles. The third kappa shape index (κ3) is 15.3. The highest BCUT2D eigenvalue weighted by molar-refractivity contribution is 7.89. The Bertz CT molecular complexity index is 707. The topological polar surface area (TPSA) is 162 Å². The Morgan fingerprint density at radius 2 is 1.72 bits per heavy atom. The van der Waals surface area contributed by atoms with Crippen molar-refractivity contribution in [3.05, 3.63) is 30.1 Å². The van der Waals surface area contributed by atoms with Gasteiger partial charge in [0.2, 0.25) is 10.0 Å². The van der Waals surface area contributed by atoms with E-state index in [1.807, 2.05) is 0 Å². The maximum Gasteiger partial charge on any atom is 0.300 e. The number of rotatable bonds is 6. The number of piperidine rings is 1. The number of nitrogens with one attached hydrogen (secondary N) is 2. The van der Waals surface area contributed by atoms with Crippen LogP contribution < -0.4 is 14.8 Å². The van der Waals surface area contributed by atoms with Crippen molar-refractivity contribution in [1.82, 2.24) is 10.0 Å². The van der Waals surface area contributed by atoms with Gasteiger partial charge in [0.25, 0.3) is 11.9 Å². The monoisotopic (exact) mass is 438 g/mol. The van der Waals surface area contributed by atoms with E-state index in [0.29, 0.717) is 25.3 Å². The zero-order chi connectivity index (χ0) is 22.4. The van der Waals surface area contributed by atoms with Crippen LogP contribution in [0.1, 0.15) is 20.3 Å². The molecule has 0 aromatic heterocycles. The van der Waals surface area contributed by atoms with E-state index in [9.17, 15) is 17.9 Å². The van der Waals surface area contributed by atoms with Crippen LogP contribution in [0.2, 0.25) is 0 Å². The van der Waals surface area contributed by atoms with E-state index in [-0.39, 0.29) is 18.2 Å². The molecule has 29 heavy (non-hydrogen) atoms. The molecular formula is C17H27FN2O8S. The summed E-state index contributed by atoms with van der Waals surface area (Å²) >= 11 is 0. The number of ether oxygens (including phenoxy) is 1. The van der Waals surface area contributed by atoms with E-state index in [1.165, 1.54) is 24.3 Å². The van der Waals surface area contributed by atoms with Gasteiger partial charge in [-0.2, -0.15) is 0 Å². The predicted molar refractivity (Wildman–Crippen MR) is 103 cm³/mol. The highest BCUT2D eigenvalue weighted by Crippen LogP contribution is 2.11. The van der Waals surface area contributed by atoms with Crippen molar-refractivity contribution in [2.24, 2.45) is 0 Å². The summed E-state index contributed by atoms with van der Waals surface area (Å²) in [7, 11) is -3.53. The van der Waals surface area contributed by atoms with E-state index in [0.717, 1.165) is 13.8 Å². The number of aliphatic hydroxyl groups is 1. The number of halogens is 1. The maximum absolute atomic E-state index is 12.7. The molecule has 0 aliphatic carbocycles. The summed E-state index contributed by atoms with van der Waals surface area (Å²) in [5.74, 6) is -1.86. The molecular weight excluding hydrogens is 411 g/mol. The predicted octanol–water partition coefficient (Wildman–Crippen LogP) is 0.0285. The fourth-order valence-corrected chi connectivity index (χ4v) is 3.23. The standard InChI is InChI=1S/C13H19FN2O4S.2C2H4O2/c14-10-1-3-11(4-2-10)20-7-8-21(18,19)16-12-5-6-15-9-13(12)17;2*1-2(3)4/h1-4,12-13,15-17H,5-9H2;2*1H3,(H,3,4)/t12-,13-;;/m1../s1. The largest absolute Gasteiger partial charge is 0.492 e. The molecule has 0 bridgehead atoms. The van der Waals surface area contributed by atoms with Crippen LogP contribution >= 0.6 is 0 Å². The van der Waals surface area contributed by atoms with Crippen LogP contribution in [0.3, 0.4) is 0 Å². The van der Waals surface area contributed by atoms with Gasteiger partial charge in [0.15, 0.2) is 0 Å². The minimum atomic E-state index is -3.53. The van der Waals surface area contributed by atoms with Gasteiger partial charge in [0.1, 0.15) is 18.2 Å². The molecule has 0 amide bonds. The van der Waals surface area contributed by atoms with Gasteiger partial charge in [0.05, 0.1) is 17.9 Å². The molecule has 12 heteroatoms. The first-order valence-electron chi connectivity index (χ1n) is 8.59. The minimum absolute atomic E-state index is 0.0397. The number of sulfonamides is 1. The van der Waals surface area contributed by atoms with Crippen LogP contribution in [-0.4, -0.2) is 73.3 Å². The van der Waals surface area contributed by atoms with Crippen molar-refractivity contribution in [2.75, 3.05) is 25.4 Å². The van der Waals surface area contributed by atoms with Crippen LogP contribution in [0.4, 0.5) is 4.39 Å². The second-order valence-electron chi connectivity index (χ2n) is 5.94. The van der Waals surface area contributed by atoms with E-state index in [4.69, 9.17) is 24.5 Å². The van der Waals surface area contributed by atoms with Gasteiger partial charge in [0, 0.05) is 20.4 Å². The van der Waals surface area contributed by atoms with Gasteiger partial charge in [-0.05, 0) is 37.2 Å². The van der Waals surface area contributed by atoms with E-state index in [2.05, 4.69) is 10.0 Å². The lowest BCUT2D eigenvalue weighted by Crippen LogP contribution is -2.53. The molecule has 0 saturated carbocycles. The fraction of sp³-hybridized carbons (Fsp3) is 0.529. The summed E-state index contributed by atoms with van der Waals surface area (Å²) in [5, 5.41) is 27.5. The average Bonchev–Trinajstić information content (AvgIpc) is 2.57. The van der Waals surface area contributed by atoms with Crippen molar-refractivity contribution in [1.29, 1.82) is 0 Å². The first-order chi connectivity index (χ1) is 13.4. The van der Waals surface area contributed by atoms with E-state index >= 15 is 0 Å². The second kappa shape index (κ2) is 13.8. The Balaban J connectivity index is 0.000000837. The number of hydrogen-bond donors (Lipinski definition) is 5. The van der Waals surface area contributed by atoms with Gasteiger partial charge in [-0.3, -0.25) is 9.59 Å². The SMILES string of the molecule is CC(=O)O.CC(=O)O.O=S(=O)(CCOc1ccc(F)cc1)N[C@@H]1CCNC[C@H]1O. The van der Waals surface area contributed by atoms with Crippen molar-refractivity contribution < 1.29 is 42.5 Å². The summed E-state index contributed by atoms with van der Waals surface area (Å²) in [6.45, 7) is 3.16. The molecule has 1 aliphatic rings. The van der Waals surface area contributed by atoms with E-state index in [1.54, 1.807) is 0 Å². The molecule has 5 N–H and O–H groups in total. The van der Waals surface area contributed by atoms with Crippen LogP contribution in [0.25, 0.3) is 0 Å². The van der Waals surface area contributed by atoms with E-state index < -0.39 is 34.1 Å². The maximum atomic E-state index is 12.7. The summed E-state index contributed by atoms with van der Waals surface area (Å²) in [5.41, 5.74) is 0. The third-order valence-corrected chi connectivity index (χ3v) is 4.58.